The van der Waals surface area contributed by atoms with E-state index in [2.05, 4.69) is 103 Å². The highest BCUT2D eigenvalue weighted by Gasteiger charge is 2.05. The maximum absolute atomic E-state index is 3.48. The fraction of sp³-hybridized carbons (Fsp3) is 0.120. The fourth-order valence-electron chi connectivity index (χ4n) is 3.23. The first-order chi connectivity index (χ1) is 12.8. The predicted octanol–water partition coefficient (Wildman–Crippen LogP) is 7.08. The fourth-order valence-corrected chi connectivity index (χ4v) is 3.23. The van der Waals surface area contributed by atoms with E-state index in [-0.39, 0.29) is 0 Å². The van der Waals surface area contributed by atoms with Gasteiger partial charge in [-0.1, -0.05) is 79.7 Å². The van der Waals surface area contributed by atoms with Gasteiger partial charge in [-0.3, -0.25) is 0 Å². The van der Waals surface area contributed by atoms with Crippen molar-refractivity contribution >= 4 is 16.9 Å². The molecule has 0 aliphatic heterocycles. The highest BCUT2D eigenvalue weighted by atomic mass is 14.9. The van der Waals surface area contributed by atoms with Crippen LogP contribution in [0, 0.1) is 5.92 Å². The lowest BCUT2D eigenvalue weighted by Crippen LogP contribution is -1.95. The standard InChI is InChI=1S/C25H23N/c1-19-7-9-21(10-8-19)23-13-17-25(18-14-23)26-24-15-11-22(12-16-24)20-5-3-2-4-6-20/h2-7,9-19,26H,8H2,1H3. The second-order valence-corrected chi connectivity index (χ2v) is 6.88. The molecule has 0 saturated carbocycles. The molecule has 26 heavy (non-hydrogen) atoms. The average Bonchev–Trinajstić information content (AvgIpc) is 2.71. The molecular weight excluding hydrogens is 314 g/mol. The minimum atomic E-state index is 0.651. The van der Waals surface area contributed by atoms with Crippen molar-refractivity contribution in [1.29, 1.82) is 0 Å². The van der Waals surface area contributed by atoms with Crippen molar-refractivity contribution in [2.24, 2.45) is 5.92 Å². The van der Waals surface area contributed by atoms with Crippen LogP contribution in [-0.2, 0) is 0 Å². The molecule has 1 atom stereocenters. The van der Waals surface area contributed by atoms with Gasteiger partial charge in [0.15, 0.2) is 0 Å². The van der Waals surface area contributed by atoms with E-state index in [0.717, 1.165) is 17.8 Å². The van der Waals surface area contributed by atoms with E-state index >= 15 is 0 Å². The lowest BCUT2D eigenvalue weighted by molar-refractivity contribution is 0.739. The van der Waals surface area contributed by atoms with Gasteiger partial charge in [-0.2, -0.15) is 0 Å². The number of anilines is 2. The van der Waals surface area contributed by atoms with E-state index in [0.29, 0.717) is 5.92 Å². The van der Waals surface area contributed by atoms with Crippen LogP contribution in [0.3, 0.4) is 0 Å². The first kappa shape index (κ1) is 16.4. The Hall–Kier alpha value is -3.06. The molecule has 1 N–H and O–H groups in total. The summed E-state index contributed by atoms with van der Waals surface area (Å²) in [6, 6.07) is 27.7. The Morgan fingerprint density at radius 1 is 0.692 bits per heavy atom. The van der Waals surface area contributed by atoms with Crippen molar-refractivity contribution < 1.29 is 0 Å². The molecule has 0 radical (unpaired) electrons. The first-order valence-corrected chi connectivity index (χ1v) is 9.19. The highest BCUT2D eigenvalue weighted by Crippen LogP contribution is 2.27. The summed E-state index contributed by atoms with van der Waals surface area (Å²) in [6.45, 7) is 2.25. The molecule has 1 nitrogen and oxygen atoms in total. The van der Waals surface area contributed by atoms with Crippen LogP contribution in [0.1, 0.15) is 18.9 Å². The molecule has 0 bridgehead atoms. The topological polar surface area (TPSA) is 12.0 Å². The second-order valence-electron chi connectivity index (χ2n) is 6.88. The van der Waals surface area contributed by atoms with Crippen LogP contribution in [0.4, 0.5) is 11.4 Å². The lowest BCUT2D eigenvalue weighted by atomic mass is 9.94. The van der Waals surface area contributed by atoms with Gasteiger partial charge in [0, 0.05) is 11.4 Å². The van der Waals surface area contributed by atoms with Crippen LogP contribution in [0.2, 0.25) is 0 Å². The first-order valence-electron chi connectivity index (χ1n) is 9.19. The molecule has 4 rings (SSSR count). The third kappa shape index (κ3) is 3.78. The maximum Gasteiger partial charge on any atom is 0.0384 e. The number of rotatable bonds is 4. The van der Waals surface area contributed by atoms with E-state index in [1.165, 1.54) is 22.3 Å². The third-order valence-electron chi connectivity index (χ3n) is 4.81. The quantitative estimate of drug-likeness (QED) is 0.536. The molecule has 3 aromatic carbocycles. The third-order valence-corrected chi connectivity index (χ3v) is 4.81. The molecule has 0 saturated heterocycles. The summed E-state index contributed by atoms with van der Waals surface area (Å²) in [5.41, 5.74) is 7.28. The number of benzene rings is 3. The summed E-state index contributed by atoms with van der Waals surface area (Å²) in [4.78, 5) is 0. The van der Waals surface area contributed by atoms with Crippen molar-refractivity contribution in [3.8, 4) is 11.1 Å². The molecule has 0 aromatic heterocycles. The monoisotopic (exact) mass is 337 g/mol. The number of nitrogens with one attached hydrogen (secondary N) is 1. The Balaban J connectivity index is 1.45. The van der Waals surface area contributed by atoms with Gasteiger partial charge >= 0.3 is 0 Å². The normalized spacial score (nSPS) is 16.2. The Kier molecular flexibility index (Phi) is 4.70. The Labute approximate surface area is 155 Å². The molecule has 0 heterocycles. The Bertz CT molecular complexity index is 916. The molecule has 1 heteroatoms. The molecule has 0 amide bonds. The zero-order valence-electron chi connectivity index (χ0n) is 15.0. The summed E-state index contributed by atoms with van der Waals surface area (Å²) in [6.07, 6.45) is 7.98. The highest BCUT2D eigenvalue weighted by molar-refractivity contribution is 5.76. The van der Waals surface area contributed by atoms with E-state index in [4.69, 9.17) is 0 Å². The van der Waals surface area contributed by atoms with Crippen LogP contribution in [0.25, 0.3) is 16.7 Å². The minimum Gasteiger partial charge on any atom is -0.356 e. The molecule has 1 aliphatic carbocycles. The van der Waals surface area contributed by atoms with E-state index in [1.807, 2.05) is 6.07 Å². The summed E-state index contributed by atoms with van der Waals surface area (Å²) < 4.78 is 0. The van der Waals surface area contributed by atoms with E-state index in [1.54, 1.807) is 0 Å². The zero-order valence-corrected chi connectivity index (χ0v) is 15.0. The van der Waals surface area contributed by atoms with Gasteiger partial charge < -0.3 is 5.32 Å². The van der Waals surface area contributed by atoms with Gasteiger partial charge in [-0.25, -0.2) is 0 Å². The van der Waals surface area contributed by atoms with E-state index in [9.17, 15) is 0 Å². The van der Waals surface area contributed by atoms with Crippen molar-refractivity contribution in [1.82, 2.24) is 0 Å². The van der Waals surface area contributed by atoms with Crippen molar-refractivity contribution in [2.45, 2.75) is 13.3 Å². The van der Waals surface area contributed by atoms with Crippen LogP contribution in [0.15, 0.2) is 97.1 Å². The van der Waals surface area contributed by atoms with Crippen LogP contribution >= 0.6 is 0 Å². The van der Waals surface area contributed by atoms with Crippen LogP contribution in [0.5, 0.6) is 0 Å². The van der Waals surface area contributed by atoms with Crippen LogP contribution in [-0.4, -0.2) is 0 Å². The number of allylic oxidation sites excluding steroid dienone is 4. The molecule has 1 unspecified atom stereocenters. The van der Waals surface area contributed by atoms with Gasteiger partial charge in [0.1, 0.15) is 0 Å². The van der Waals surface area contributed by atoms with Gasteiger partial charge in [-0.05, 0) is 58.9 Å². The van der Waals surface area contributed by atoms with E-state index < -0.39 is 0 Å². The summed E-state index contributed by atoms with van der Waals surface area (Å²) >= 11 is 0. The van der Waals surface area contributed by atoms with Gasteiger partial charge in [0.2, 0.25) is 0 Å². The summed E-state index contributed by atoms with van der Waals surface area (Å²) in [5, 5.41) is 3.48. The smallest absolute Gasteiger partial charge is 0.0384 e. The molecular formula is C25H23N. The molecule has 0 fully saturated rings. The largest absolute Gasteiger partial charge is 0.356 e. The maximum atomic E-state index is 3.48. The molecule has 1 aliphatic rings. The summed E-state index contributed by atoms with van der Waals surface area (Å²) in [5.74, 6) is 0.651. The predicted molar refractivity (Wildman–Crippen MR) is 113 cm³/mol. The SMILES string of the molecule is CC1C=CC(c2ccc(Nc3ccc(-c4ccccc4)cc3)cc2)=CC1. The molecule has 128 valence electrons. The second kappa shape index (κ2) is 7.45. The Morgan fingerprint density at radius 3 is 1.85 bits per heavy atom. The van der Waals surface area contributed by atoms with Gasteiger partial charge in [0.25, 0.3) is 0 Å². The number of hydrogen-bond acceptors (Lipinski definition) is 1. The molecule has 0 spiro atoms. The zero-order chi connectivity index (χ0) is 17.8. The average molecular weight is 337 g/mol. The summed E-state index contributed by atoms with van der Waals surface area (Å²) in [7, 11) is 0. The number of hydrogen-bond donors (Lipinski definition) is 1. The molecule has 3 aromatic rings. The minimum absolute atomic E-state index is 0.651. The van der Waals surface area contributed by atoms with Crippen molar-refractivity contribution in [3.63, 3.8) is 0 Å². The Morgan fingerprint density at radius 2 is 1.27 bits per heavy atom. The van der Waals surface area contributed by atoms with Gasteiger partial charge in [-0.15, -0.1) is 0 Å². The van der Waals surface area contributed by atoms with Crippen LogP contribution < -0.4 is 5.32 Å². The lowest BCUT2D eigenvalue weighted by Gasteiger charge is -2.13. The van der Waals surface area contributed by atoms with Gasteiger partial charge in [0.05, 0.1) is 0 Å². The van der Waals surface area contributed by atoms with Crippen molar-refractivity contribution in [3.05, 3.63) is 103 Å². The van der Waals surface area contributed by atoms with Crippen molar-refractivity contribution in [2.75, 3.05) is 5.32 Å².